The van der Waals surface area contributed by atoms with Crippen LogP contribution < -0.4 is 5.56 Å². The average molecular weight is 460 g/mol. The van der Waals surface area contributed by atoms with Crippen molar-refractivity contribution in [3.63, 3.8) is 0 Å². The standard InChI is InChI=1S/C18H20Cl2FN5O4/c1-4-5-22-16(20)13(21)9-25-11(3)24-15(14(19)17(25)27)10(2)6-12-7-23-26(8-12)18(28,29)30/h4-5,7-10,28-30H,6H2,1-3H3/b5-4+,13-9-,22-16-. The van der Waals surface area contributed by atoms with Gasteiger partial charge in [-0.15, -0.1) is 0 Å². The van der Waals surface area contributed by atoms with Gasteiger partial charge < -0.3 is 15.3 Å². The second kappa shape index (κ2) is 9.63. The van der Waals surface area contributed by atoms with Crippen LogP contribution in [0.4, 0.5) is 4.39 Å². The molecule has 0 aliphatic carbocycles. The lowest BCUT2D eigenvalue weighted by Crippen LogP contribution is -2.32. The summed E-state index contributed by atoms with van der Waals surface area (Å²) >= 11 is 11.9. The number of rotatable bonds is 7. The van der Waals surface area contributed by atoms with Crippen LogP contribution in [0.5, 0.6) is 0 Å². The molecule has 30 heavy (non-hydrogen) atoms. The van der Waals surface area contributed by atoms with Gasteiger partial charge >= 0.3 is 6.10 Å². The van der Waals surface area contributed by atoms with Gasteiger partial charge in [0, 0.05) is 18.3 Å². The Bertz CT molecular complexity index is 1070. The maximum absolute atomic E-state index is 14.2. The lowest BCUT2D eigenvalue weighted by molar-refractivity contribution is -0.380. The first-order valence-electron chi connectivity index (χ1n) is 8.67. The fraction of sp³-hybridized carbons (Fsp3) is 0.333. The van der Waals surface area contributed by atoms with Crippen LogP contribution in [-0.2, 0) is 12.5 Å². The monoisotopic (exact) mass is 459 g/mol. The number of hydrogen-bond donors (Lipinski definition) is 3. The Labute approximate surface area is 181 Å². The summed E-state index contributed by atoms with van der Waals surface area (Å²) < 4.78 is 15.7. The Morgan fingerprint density at radius 2 is 2.10 bits per heavy atom. The summed E-state index contributed by atoms with van der Waals surface area (Å²) in [5, 5.41) is 30.4. The number of aromatic nitrogens is 4. The van der Waals surface area contributed by atoms with E-state index < -0.39 is 22.7 Å². The van der Waals surface area contributed by atoms with Crippen LogP contribution in [0.25, 0.3) is 6.20 Å². The largest absolute Gasteiger partial charge is 0.389 e. The molecule has 9 nitrogen and oxygen atoms in total. The summed E-state index contributed by atoms with van der Waals surface area (Å²) in [6.45, 7) is 4.94. The normalized spacial score (nSPS) is 14.6. The zero-order valence-corrected chi connectivity index (χ0v) is 17.8. The van der Waals surface area contributed by atoms with Crippen LogP contribution in [0, 0.1) is 6.92 Å². The second-order valence-electron chi connectivity index (χ2n) is 6.41. The molecule has 12 heteroatoms. The van der Waals surface area contributed by atoms with E-state index in [9.17, 15) is 9.18 Å². The number of nitrogens with zero attached hydrogens (tertiary/aromatic N) is 5. The highest BCUT2D eigenvalue weighted by molar-refractivity contribution is 6.69. The summed E-state index contributed by atoms with van der Waals surface area (Å²) in [6.07, 6.45) is 3.42. The average Bonchev–Trinajstić information content (AvgIpc) is 3.14. The fourth-order valence-electron chi connectivity index (χ4n) is 2.57. The molecule has 0 saturated heterocycles. The maximum Gasteiger partial charge on any atom is 0.389 e. The molecule has 3 N–H and O–H groups in total. The van der Waals surface area contributed by atoms with E-state index >= 15 is 0 Å². The molecule has 0 amide bonds. The minimum absolute atomic E-state index is 0.174. The van der Waals surface area contributed by atoms with E-state index in [0.29, 0.717) is 10.2 Å². The van der Waals surface area contributed by atoms with E-state index in [1.165, 1.54) is 25.5 Å². The quantitative estimate of drug-likeness (QED) is 0.430. The first-order chi connectivity index (χ1) is 14.0. The van der Waals surface area contributed by atoms with Gasteiger partial charge in [-0.3, -0.25) is 9.36 Å². The first kappa shape index (κ1) is 23.9. The van der Waals surface area contributed by atoms with Gasteiger partial charge in [-0.25, -0.2) is 14.4 Å². The number of halogens is 3. The van der Waals surface area contributed by atoms with Crippen molar-refractivity contribution < 1.29 is 19.7 Å². The Hall–Kier alpha value is -2.37. The van der Waals surface area contributed by atoms with E-state index in [4.69, 9.17) is 38.5 Å². The SMILES string of the molecule is C/C=C/N=C(Cl)/C(F)=C/n1c(C)nc(C(C)Cc2cnn(C(O)(O)O)c2)c(Cl)c1=O. The highest BCUT2D eigenvalue weighted by atomic mass is 35.5. The Morgan fingerprint density at radius 1 is 1.43 bits per heavy atom. The lowest BCUT2D eigenvalue weighted by atomic mass is 10.00. The minimum Gasteiger partial charge on any atom is -0.324 e. The van der Waals surface area contributed by atoms with E-state index in [0.717, 1.165) is 10.8 Å². The van der Waals surface area contributed by atoms with Crippen LogP contribution in [0.15, 0.2) is 40.3 Å². The zero-order valence-electron chi connectivity index (χ0n) is 16.3. The van der Waals surface area contributed by atoms with Crippen LogP contribution >= 0.6 is 23.2 Å². The van der Waals surface area contributed by atoms with Crippen molar-refractivity contribution >= 4 is 34.6 Å². The summed E-state index contributed by atoms with van der Waals surface area (Å²) in [7, 11) is 0. The highest BCUT2D eigenvalue weighted by Crippen LogP contribution is 2.24. The van der Waals surface area contributed by atoms with Crippen molar-refractivity contribution in [3.8, 4) is 0 Å². The molecule has 0 radical (unpaired) electrons. The molecule has 0 fully saturated rings. The van der Waals surface area contributed by atoms with Gasteiger partial charge in [0.1, 0.15) is 10.8 Å². The van der Waals surface area contributed by atoms with E-state index in [2.05, 4.69) is 15.1 Å². The van der Waals surface area contributed by atoms with Gasteiger partial charge in [-0.05, 0) is 25.8 Å². The van der Waals surface area contributed by atoms with Crippen molar-refractivity contribution in [1.82, 2.24) is 19.3 Å². The third kappa shape index (κ3) is 5.61. The fourth-order valence-corrected chi connectivity index (χ4v) is 2.99. The molecule has 0 aliphatic rings. The molecule has 1 unspecified atom stereocenters. The predicted octanol–water partition coefficient (Wildman–Crippen LogP) is 2.23. The summed E-state index contributed by atoms with van der Waals surface area (Å²) in [5.41, 5.74) is 0.114. The molecule has 2 heterocycles. The van der Waals surface area contributed by atoms with Crippen LogP contribution in [-0.4, -0.2) is 39.8 Å². The van der Waals surface area contributed by atoms with Crippen LogP contribution in [0.2, 0.25) is 5.02 Å². The molecule has 2 aromatic heterocycles. The maximum atomic E-state index is 14.2. The third-order valence-electron chi connectivity index (χ3n) is 3.99. The van der Waals surface area contributed by atoms with Crippen LogP contribution in [0.3, 0.4) is 0 Å². The lowest BCUT2D eigenvalue weighted by Gasteiger charge is -2.15. The second-order valence-corrected chi connectivity index (χ2v) is 7.15. The van der Waals surface area contributed by atoms with Crippen molar-refractivity contribution in [2.75, 3.05) is 0 Å². The zero-order chi connectivity index (χ0) is 22.6. The van der Waals surface area contributed by atoms with E-state index in [-0.39, 0.29) is 28.9 Å². The van der Waals surface area contributed by atoms with Gasteiger partial charge in [-0.2, -0.15) is 9.78 Å². The molecule has 2 aromatic rings. The third-order valence-corrected chi connectivity index (χ3v) is 4.62. The molecule has 0 bridgehead atoms. The van der Waals surface area contributed by atoms with Gasteiger partial charge in [0.25, 0.3) is 5.56 Å². The number of hydrogen-bond acceptors (Lipinski definition) is 7. The summed E-state index contributed by atoms with van der Waals surface area (Å²) in [4.78, 5) is 20.6. The first-order valence-corrected chi connectivity index (χ1v) is 9.43. The molecule has 162 valence electrons. The Kier molecular flexibility index (Phi) is 7.67. The van der Waals surface area contributed by atoms with Crippen LogP contribution in [0.1, 0.15) is 36.8 Å². The molecule has 0 aromatic carbocycles. The smallest absolute Gasteiger partial charge is 0.324 e. The van der Waals surface area contributed by atoms with E-state index in [1.807, 2.05) is 0 Å². The number of allylic oxidation sites excluding steroid dienone is 2. The van der Waals surface area contributed by atoms with Gasteiger partial charge in [0.2, 0.25) is 0 Å². The number of aryl methyl sites for hydroxylation is 1. The molecule has 1 atom stereocenters. The summed E-state index contributed by atoms with van der Waals surface area (Å²) in [6, 6.07) is 0. The van der Waals surface area contributed by atoms with Crippen molar-refractivity contribution in [3.05, 3.63) is 63.0 Å². The topological polar surface area (TPSA) is 126 Å². The van der Waals surface area contributed by atoms with Crippen molar-refractivity contribution in [2.45, 2.75) is 39.2 Å². The number of aliphatic hydroxyl groups is 3. The minimum atomic E-state index is -3.12. The predicted molar refractivity (Wildman–Crippen MR) is 111 cm³/mol. The molecule has 2 rings (SSSR count). The summed E-state index contributed by atoms with van der Waals surface area (Å²) in [5.74, 6) is -1.14. The Balaban J connectivity index is 2.36. The Morgan fingerprint density at radius 3 is 2.67 bits per heavy atom. The highest BCUT2D eigenvalue weighted by Gasteiger charge is 2.24. The van der Waals surface area contributed by atoms with Crippen molar-refractivity contribution in [1.29, 1.82) is 0 Å². The van der Waals surface area contributed by atoms with Gasteiger partial charge in [-0.1, -0.05) is 36.2 Å². The van der Waals surface area contributed by atoms with Crippen molar-refractivity contribution in [2.24, 2.45) is 4.99 Å². The van der Waals surface area contributed by atoms with Gasteiger partial charge in [0.15, 0.2) is 11.0 Å². The molecular formula is C18H20Cl2FN5O4. The molecular weight excluding hydrogens is 440 g/mol. The molecule has 0 spiro atoms. The van der Waals surface area contributed by atoms with E-state index in [1.54, 1.807) is 19.9 Å². The molecule has 0 saturated carbocycles. The molecule has 0 aliphatic heterocycles. The number of aliphatic imine (C=N–C) groups is 1. The van der Waals surface area contributed by atoms with Gasteiger partial charge in [0.05, 0.1) is 18.1 Å².